The van der Waals surface area contributed by atoms with Crippen molar-refractivity contribution in [1.29, 1.82) is 0 Å². The van der Waals surface area contributed by atoms with Gasteiger partial charge < -0.3 is 17.7 Å². The third-order valence-corrected chi connectivity index (χ3v) is 4.74. The predicted octanol–water partition coefficient (Wildman–Crippen LogP) is 1.01. The van der Waals surface area contributed by atoms with Gasteiger partial charge in [-0.1, -0.05) is 30.3 Å². The fourth-order valence-electron chi connectivity index (χ4n) is 2.30. The molecule has 0 unspecified atom stereocenters. The van der Waals surface area contributed by atoms with Crippen molar-refractivity contribution >= 4 is 28.2 Å². The second-order valence-electron chi connectivity index (χ2n) is 4.86. The fourth-order valence-corrected chi connectivity index (χ4v) is 3.61. The first-order chi connectivity index (χ1) is 10.4. The average Bonchev–Trinajstić information content (AvgIpc) is 3.22. The zero-order valence-electron chi connectivity index (χ0n) is 12.1. The Kier molecular flexibility index (Phi) is 6.87. The molecule has 0 bridgehead atoms. The smallest absolute Gasteiger partial charge is 0.101 e. The summed E-state index contributed by atoms with van der Waals surface area (Å²) in [6.07, 6.45) is 2.34. The molecule has 0 radical (unpaired) electrons. The minimum Gasteiger partial charge on any atom is -1.00 e. The number of halogens is 1. The summed E-state index contributed by atoms with van der Waals surface area (Å²) in [7, 11) is 0. The highest BCUT2D eigenvalue weighted by Gasteiger charge is 2.06. The van der Waals surface area contributed by atoms with E-state index in [9.17, 15) is 0 Å². The molecule has 2 aromatic heterocycles. The van der Waals surface area contributed by atoms with Gasteiger partial charge in [-0.25, -0.2) is 0 Å². The normalized spacial score (nSPS) is 10.0. The molecule has 0 saturated heterocycles. The van der Waals surface area contributed by atoms with Crippen LogP contribution < -0.4 is 17.7 Å². The number of thiophene rings is 2. The van der Waals surface area contributed by atoms with Crippen molar-refractivity contribution in [3.8, 4) is 0 Å². The molecule has 2 heterocycles. The first-order valence-corrected chi connectivity index (χ1v) is 8.93. The van der Waals surface area contributed by atoms with Gasteiger partial charge in [-0.05, 0) is 56.4 Å². The van der Waals surface area contributed by atoms with Gasteiger partial charge in [0, 0.05) is 5.56 Å². The van der Waals surface area contributed by atoms with Crippen molar-refractivity contribution in [2.75, 3.05) is 6.54 Å². The van der Waals surface area contributed by atoms with E-state index in [2.05, 4.69) is 75.4 Å². The van der Waals surface area contributed by atoms with Crippen LogP contribution in [-0.2, 0) is 6.54 Å². The molecule has 1 nitrogen and oxygen atoms in total. The lowest BCUT2D eigenvalue weighted by Crippen LogP contribution is -3.00. The summed E-state index contributed by atoms with van der Waals surface area (Å²) in [5.41, 5.74) is 5.37. The molecule has 3 aromatic rings. The van der Waals surface area contributed by atoms with Gasteiger partial charge in [0.05, 0.1) is 6.54 Å². The summed E-state index contributed by atoms with van der Waals surface area (Å²) in [5.74, 6) is 0. The lowest BCUT2D eigenvalue weighted by atomic mass is 10.0. The molecule has 0 fully saturated rings. The van der Waals surface area contributed by atoms with E-state index >= 15 is 0 Å². The highest BCUT2D eigenvalue weighted by atomic mass is 35.5. The number of benzene rings is 1. The van der Waals surface area contributed by atoms with Gasteiger partial charge in [-0.15, -0.1) is 0 Å². The summed E-state index contributed by atoms with van der Waals surface area (Å²) in [6, 6.07) is 15.0. The van der Waals surface area contributed by atoms with Crippen molar-refractivity contribution in [2.45, 2.75) is 6.54 Å². The van der Waals surface area contributed by atoms with E-state index in [4.69, 9.17) is 0 Å². The molecule has 0 amide bonds. The van der Waals surface area contributed by atoms with Crippen molar-refractivity contribution < 1.29 is 17.7 Å². The summed E-state index contributed by atoms with van der Waals surface area (Å²) >= 11 is 3.51. The monoisotopic (exact) mass is 347 g/mol. The van der Waals surface area contributed by atoms with Crippen LogP contribution in [0.3, 0.4) is 0 Å². The van der Waals surface area contributed by atoms with Crippen molar-refractivity contribution in [3.05, 3.63) is 86.8 Å². The van der Waals surface area contributed by atoms with Crippen LogP contribution in [0.1, 0.15) is 16.7 Å². The van der Waals surface area contributed by atoms with Gasteiger partial charge in [0.25, 0.3) is 0 Å². The third kappa shape index (κ3) is 4.55. The van der Waals surface area contributed by atoms with Crippen LogP contribution in [0, 0.1) is 0 Å². The Labute approximate surface area is 145 Å². The van der Waals surface area contributed by atoms with Gasteiger partial charge in [0.1, 0.15) is 6.54 Å². The number of quaternary nitrogens is 1. The molecule has 0 saturated carbocycles. The standard InChI is InChI=1S/C18H17NS2.ClH/c1-2-4-15(5-3-1)12-19-9-6-18(16-7-10-20-13-16)17-8-11-21-14-17;/h1-8,10-11,13-14,19H,9,12H2;1H. The van der Waals surface area contributed by atoms with Crippen molar-refractivity contribution in [3.63, 3.8) is 0 Å². The minimum atomic E-state index is 0. The first kappa shape index (κ1) is 17.0. The molecule has 1 aromatic carbocycles. The molecule has 3 rings (SSSR count). The lowest BCUT2D eigenvalue weighted by molar-refractivity contribution is -0.661. The van der Waals surface area contributed by atoms with E-state index in [-0.39, 0.29) is 12.4 Å². The Morgan fingerprint density at radius 3 is 2.09 bits per heavy atom. The summed E-state index contributed by atoms with van der Waals surface area (Å²) < 4.78 is 0. The number of nitrogens with two attached hydrogens (primary N) is 1. The largest absolute Gasteiger partial charge is 1.00 e. The lowest BCUT2D eigenvalue weighted by Gasteiger charge is -2.04. The van der Waals surface area contributed by atoms with Crippen LogP contribution >= 0.6 is 22.7 Å². The zero-order valence-corrected chi connectivity index (χ0v) is 14.5. The van der Waals surface area contributed by atoms with Gasteiger partial charge in [0.15, 0.2) is 0 Å². The van der Waals surface area contributed by atoms with E-state index in [1.54, 1.807) is 22.7 Å². The second kappa shape index (κ2) is 8.91. The number of hydrogen-bond donors (Lipinski definition) is 1. The summed E-state index contributed by atoms with van der Waals surface area (Å²) in [6.45, 7) is 2.02. The maximum atomic E-state index is 2.34. The second-order valence-corrected chi connectivity index (χ2v) is 6.42. The first-order valence-electron chi connectivity index (χ1n) is 7.04. The molecular weight excluding hydrogens is 330 g/mol. The van der Waals surface area contributed by atoms with E-state index in [1.807, 2.05) is 0 Å². The van der Waals surface area contributed by atoms with Crippen LogP contribution in [0.2, 0.25) is 0 Å². The minimum absolute atomic E-state index is 0. The maximum Gasteiger partial charge on any atom is 0.101 e. The molecule has 0 aliphatic rings. The highest BCUT2D eigenvalue weighted by Crippen LogP contribution is 2.26. The summed E-state index contributed by atoms with van der Waals surface area (Å²) in [5, 5.41) is 11.1. The number of rotatable bonds is 6. The zero-order chi connectivity index (χ0) is 14.3. The summed E-state index contributed by atoms with van der Waals surface area (Å²) in [4.78, 5) is 0. The topological polar surface area (TPSA) is 16.6 Å². The van der Waals surface area contributed by atoms with E-state index < -0.39 is 0 Å². The average molecular weight is 348 g/mol. The van der Waals surface area contributed by atoms with E-state index in [0.29, 0.717) is 0 Å². The van der Waals surface area contributed by atoms with E-state index in [0.717, 1.165) is 13.1 Å². The molecule has 0 aliphatic heterocycles. The van der Waals surface area contributed by atoms with Crippen LogP contribution in [0.5, 0.6) is 0 Å². The molecule has 4 heteroatoms. The quantitative estimate of drug-likeness (QED) is 0.641. The van der Waals surface area contributed by atoms with Crippen molar-refractivity contribution in [2.24, 2.45) is 0 Å². The molecule has 2 N–H and O–H groups in total. The van der Waals surface area contributed by atoms with Gasteiger partial charge in [0.2, 0.25) is 0 Å². The third-order valence-electron chi connectivity index (χ3n) is 3.38. The Morgan fingerprint density at radius 2 is 1.55 bits per heavy atom. The Hall–Kier alpha value is -1.39. The van der Waals surface area contributed by atoms with Gasteiger partial charge >= 0.3 is 0 Å². The van der Waals surface area contributed by atoms with Gasteiger partial charge in [-0.3, -0.25) is 0 Å². The van der Waals surface area contributed by atoms with Crippen LogP contribution in [0.15, 0.2) is 70.1 Å². The fraction of sp³-hybridized carbons (Fsp3) is 0.111. The van der Waals surface area contributed by atoms with Crippen molar-refractivity contribution in [1.82, 2.24) is 0 Å². The molecule has 0 aliphatic carbocycles. The molecule has 0 atom stereocenters. The SMILES string of the molecule is C(C[NH2+]Cc1ccccc1)=C(c1ccsc1)c1ccsc1.[Cl-]. The van der Waals surface area contributed by atoms with Crippen LogP contribution in [0.25, 0.3) is 5.57 Å². The van der Waals surface area contributed by atoms with E-state index in [1.165, 1.54) is 22.3 Å². The van der Waals surface area contributed by atoms with Crippen LogP contribution in [-0.4, -0.2) is 6.54 Å². The Bertz CT molecular complexity index is 637. The number of hydrogen-bond acceptors (Lipinski definition) is 2. The molecular formula is C18H18ClNS2. The maximum absolute atomic E-state index is 2.34. The molecule has 0 spiro atoms. The Balaban J connectivity index is 0.00000176. The molecule has 22 heavy (non-hydrogen) atoms. The molecule has 114 valence electrons. The predicted molar refractivity (Wildman–Crippen MR) is 92.7 cm³/mol. The van der Waals surface area contributed by atoms with Crippen LogP contribution in [0.4, 0.5) is 0 Å². The van der Waals surface area contributed by atoms with Gasteiger partial charge in [-0.2, -0.15) is 22.7 Å². The Morgan fingerprint density at radius 1 is 0.909 bits per heavy atom. The highest BCUT2D eigenvalue weighted by molar-refractivity contribution is 7.08.